The molecule has 0 aliphatic heterocycles. The van der Waals surface area contributed by atoms with Crippen molar-refractivity contribution in [2.75, 3.05) is 10.6 Å². The van der Waals surface area contributed by atoms with Crippen molar-refractivity contribution in [3.05, 3.63) is 60.3 Å². The van der Waals surface area contributed by atoms with Crippen LogP contribution in [0.4, 0.5) is 11.4 Å². The third-order valence-electron chi connectivity index (χ3n) is 3.90. The Morgan fingerprint density at radius 3 is 2.56 bits per heavy atom. The summed E-state index contributed by atoms with van der Waals surface area (Å²) in [7, 11) is 0. The number of amides is 2. The van der Waals surface area contributed by atoms with Crippen LogP contribution in [-0.2, 0) is 16.0 Å². The number of nitrogens with two attached hydrogens (primary N) is 1. The smallest absolute Gasteiger partial charge is 0.241 e. The Morgan fingerprint density at radius 1 is 1.08 bits per heavy atom. The highest BCUT2D eigenvalue weighted by Gasteiger charge is 2.16. The second-order valence-corrected chi connectivity index (χ2v) is 5.92. The second kappa shape index (κ2) is 7.19. The van der Waals surface area contributed by atoms with Crippen molar-refractivity contribution in [3.8, 4) is 0 Å². The molecule has 0 unspecified atom stereocenters. The lowest BCUT2D eigenvalue weighted by molar-refractivity contribution is -0.117. The van der Waals surface area contributed by atoms with E-state index in [9.17, 15) is 9.59 Å². The van der Waals surface area contributed by atoms with Gasteiger partial charge in [-0.1, -0.05) is 24.3 Å². The Bertz CT molecular complexity index is 916. The molecule has 1 heterocycles. The van der Waals surface area contributed by atoms with Crippen molar-refractivity contribution in [1.29, 1.82) is 0 Å². The first-order valence-electron chi connectivity index (χ1n) is 8.02. The Kier molecular flexibility index (Phi) is 4.81. The SMILES string of the molecule is CC(=O)Nc1cccc(NC(=O)[C@@H](N)Cc2c[nH]c3ccccc23)c1. The summed E-state index contributed by atoms with van der Waals surface area (Å²) >= 11 is 0. The number of rotatable bonds is 5. The number of para-hydroxylation sites is 1. The van der Waals surface area contributed by atoms with Gasteiger partial charge in [-0.25, -0.2) is 0 Å². The molecule has 128 valence electrons. The van der Waals surface area contributed by atoms with Crippen molar-refractivity contribution < 1.29 is 9.59 Å². The van der Waals surface area contributed by atoms with Gasteiger partial charge in [-0.05, 0) is 36.2 Å². The molecule has 5 N–H and O–H groups in total. The minimum absolute atomic E-state index is 0.167. The van der Waals surface area contributed by atoms with Crippen molar-refractivity contribution in [2.24, 2.45) is 5.73 Å². The number of benzene rings is 2. The van der Waals surface area contributed by atoms with Gasteiger partial charge in [0, 0.05) is 35.4 Å². The van der Waals surface area contributed by atoms with E-state index < -0.39 is 6.04 Å². The molecule has 25 heavy (non-hydrogen) atoms. The summed E-state index contributed by atoms with van der Waals surface area (Å²) in [5.74, 6) is -0.440. The molecule has 3 aromatic rings. The van der Waals surface area contributed by atoms with Crippen molar-refractivity contribution in [3.63, 3.8) is 0 Å². The van der Waals surface area contributed by atoms with Gasteiger partial charge in [-0.2, -0.15) is 0 Å². The number of carbonyl (C=O) groups is 2. The highest BCUT2D eigenvalue weighted by Crippen LogP contribution is 2.19. The number of hydrogen-bond donors (Lipinski definition) is 4. The van der Waals surface area contributed by atoms with Crippen LogP contribution in [0.1, 0.15) is 12.5 Å². The molecular formula is C19H20N4O2. The van der Waals surface area contributed by atoms with Crippen LogP contribution in [0.15, 0.2) is 54.7 Å². The maximum atomic E-state index is 12.4. The van der Waals surface area contributed by atoms with E-state index in [1.165, 1.54) is 6.92 Å². The maximum Gasteiger partial charge on any atom is 0.241 e. The predicted molar refractivity (Wildman–Crippen MR) is 99.4 cm³/mol. The van der Waals surface area contributed by atoms with Crippen LogP contribution in [0.25, 0.3) is 10.9 Å². The Morgan fingerprint density at radius 2 is 1.80 bits per heavy atom. The van der Waals surface area contributed by atoms with Crippen LogP contribution >= 0.6 is 0 Å². The zero-order valence-electron chi connectivity index (χ0n) is 13.9. The molecule has 0 aliphatic rings. The Balaban J connectivity index is 1.67. The number of nitrogens with one attached hydrogen (secondary N) is 3. The van der Waals surface area contributed by atoms with Crippen LogP contribution in [0, 0.1) is 0 Å². The van der Waals surface area contributed by atoms with Crippen molar-refractivity contribution >= 4 is 34.1 Å². The minimum atomic E-state index is -0.677. The first-order chi connectivity index (χ1) is 12.0. The quantitative estimate of drug-likeness (QED) is 0.576. The summed E-state index contributed by atoms with van der Waals surface area (Å²) in [6, 6.07) is 14.2. The molecule has 0 saturated carbocycles. The minimum Gasteiger partial charge on any atom is -0.361 e. The zero-order chi connectivity index (χ0) is 17.8. The molecule has 1 aromatic heterocycles. The number of anilines is 2. The van der Waals surface area contributed by atoms with Gasteiger partial charge in [-0.3, -0.25) is 9.59 Å². The van der Waals surface area contributed by atoms with E-state index in [2.05, 4.69) is 15.6 Å². The molecule has 3 rings (SSSR count). The highest BCUT2D eigenvalue weighted by molar-refractivity contribution is 5.96. The van der Waals surface area contributed by atoms with E-state index in [1.807, 2.05) is 30.5 Å². The summed E-state index contributed by atoms with van der Waals surface area (Å²) in [6.45, 7) is 1.43. The fourth-order valence-electron chi connectivity index (χ4n) is 2.74. The average molecular weight is 336 g/mol. The largest absolute Gasteiger partial charge is 0.361 e. The standard InChI is InChI=1S/C19H20N4O2/c1-12(24)22-14-5-4-6-15(10-14)23-19(25)17(20)9-13-11-21-18-8-3-2-7-16(13)18/h2-8,10-11,17,21H,9,20H2,1H3,(H,22,24)(H,23,25)/t17-/m0/s1. The monoisotopic (exact) mass is 336 g/mol. The molecule has 0 saturated heterocycles. The second-order valence-electron chi connectivity index (χ2n) is 5.92. The molecule has 6 nitrogen and oxygen atoms in total. The Labute approximate surface area is 145 Å². The zero-order valence-corrected chi connectivity index (χ0v) is 13.9. The normalized spacial score (nSPS) is 11.9. The van der Waals surface area contributed by atoms with Gasteiger partial charge in [0.1, 0.15) is 0 Å². The van der Waals surface area contributed by atoms with Gasteiger partial charge in [-0.15, -0.1) is 0 Å². The summed E-state index contributed by atoms with van der Waals surface area (Å²) in [5, 5.41) is 6.54. The van der Waals surface area contributed by atoms with E-state index in [1.54, 1.807) is 24.3 Å². The fourth-order valence-corrected chi connectivity index (χ4v) is 2.74. The van der Waals surface area contributed by atoms with E-state index >= 15 is 0 Å². The molecular weight excluding hydrogens is 316 g/mol. The molecule has 6 heteroatoms. The third-order valence-corrected chi connectivity index (χ3v) is 3.90. The summed E-state index contributed by atoms with van der Waals surface area (Å²) in [4.78, 5) is 26.7. The number of fused-ring (bicyclic) bond motifs is 1. The van der Waals surface area contributed by atoms with Crippen LogP contribution in [0.3, 0.4) is 0 Å². The lowest BCUT2D eigenvalue weighted by Gasteiger charge is -2.13. The lowest BCUT2D eigenvalue weighted by atomic mass is 10.0. The average Bonchev–Trinajstić information content (AvgIpc) is 2.98. The first-order valence-corrected chi connectivity index (χ1v) is 8.02. The predicted octanol–water partition coefficient (Wildman–Crippen LogP) is 2.63. The number of carbonyl (C=O) groups excluding carboxylic acids is 2. The van der Waals surface area contributed by atoms with Crippen LogP contribution in [0.5, 0.6) is 0 Å². The molecule has 2 aromatic carbocycles. The molecule has 0 radical (unpaired) electrons. The molecule has 0 aliphatic carbocycles. The van der Waals surface area contributed by atoms with Gasteiger partial charge >= 0.3 is 0 Å². The van der Waals surface area contributed by atoms with E-state index in [0.717, 1.165) is 16.5 Å². The number of H-pyrrole nitrogens is 1. The van der Waals surface area contributed by atoms with E-state index in [0.29, 0.717) is 17.8 Å². The van der Waals surface area contributed by atoms with Gasteiger partial charge in [0.15, 0.2) is 0 Å². The summed E-state index contributed by atoms with van der Waals surface area (Å²) < 4.78 is 0. The number of hydrogen-bond acceptors (Lipinski definition) is 3. The van der Waals surface area contributed by atoms with Gasteiger partial charge in [0.25, 0.3) is 0 Å². The van der Waals surface area contributed by atoms with Crippen molar-refractivity contribution in [2.45, 2.75) is 19.4 Å². The fraction of sp³-hybridized carbons (Fsp3) is 0.158. The summed E-state index contributed by atoms with van der Waals surface area (Å²) in [5.41, 5.74) is 9.31. The maximum absolute atomic E-state index is 12.4. The van der Waals surface area contributed by atoms with Crippen LogP contribution in [-0.4, -0.2) is 22.8 Å². The van der Waals surface area contributed by atoms with Gasteiger partial charge in [0.2, 0.25) is 11.8 Å². The molecule has 1 atom stereocenters. The van der Waals surface area contributed by atoms with Gasteiger partial charge < -0.3 is 21.4 Å². The number of aromatic amines is 1. The van der Waals surface area contributed by atoms with E-state index in [-0.39, 0.29) is 11.8 Å². The molecule has 0 bridgehead atoms. The van der Waals surface area contributed by atoms with Gasteiger partial charge in [0.05, 0.1) is 6.04 Å². The lowest BCUT2D eigenvalue weighted by Crippen LogP contribution is -2.37. The Hall–Kier alpha value is -3.12. The molecule has 0 spiro atoms. The number of aromatic nitrogens is 1. The van der Waals surface area contributed by atoms with Crippen LogP contribution in [0.2, 0.25) is 0 Å². The topological polar surface area (TPSA) is 100 Å². The molecule has 0 fully saturated rings. The van der Waals surface area contributed by atoms with Crippen molar-refractivity contribution in [1.82, 2.24) is 4.98 Å². The molecule has 2 amide bonds. The highest BCUT2D eigenvalue weighted by atomic mass is 16.2. The van der Waals surface area contributed by atoms with Crippen LogP contribution < -0.4 is 16.4 Å². The summed E-state index contributed by atoms with van der Waals surface area (Å²) in [6.07, 6.45) is 2.32. The first kappa shape index (κ1) is 16.7. The van der Waals surface area contributed by atoms with E-state index in [4.69, 9.17) is 5.73 Å². The third kappa shape index (κ3) is 4.05.